The molecule has 0 aromatic carbocycles. The van der Waals surface area contributed by atoms with Crippen molar-refractivity contribution in [2.24, 2.45) is 11.8 Å². The van der Waals surface area contributed by atoms with Gasteiger partial charge in [-0.25, -0.2) is 9.59 Å². The van der Waals surface area contributed by atoms with Gasteiger partial charge in [0.25, 0.3) is 0 Å². The second kappa shape index (κ2) is 12.7. The van der Waals surface area contributed by atoms with Gasteiger partial charge in [-0.3, -0.25) is 4.79 Å². The zero-order valence-corrected chi connectivity index (χ0v) is 19.7. The van der Waals surface area contributed by atoms with Crippen molar-refractivity contribution in [2.45, 2.75) is 97.0 Å². The molecule has 2 amide bonds. The van der Waals surface area contributed by atoms with Gasteiger partial charge in [0.2, 0.25) is 5.91 Å². The molecule has 31 heavy (non-hydrogen) atoms. The maximum absolute atomic E-state index is 12.2. The molecule has 0 radical (unpaired) electrons. The van der Waals surface area contributed by atoms with Gasteiger partial charge in [0.05, 0.1) is 13.2 Å². The van der Waals surface area contributed by atoms with Crippen molar-refractivity contribution >= 4 is 18.2 Å². The summed E-state index contributed by atoms with van der Waals surface area (Å²) in [7, 11) is 1.21. The summed E-state index contributed by atoms with van der Waals surface area (Å²) in [6.07, 6.45) is 1.79. The van der Waals surface area contributed by atoms with E-state index >= 15 is 0 Å². The molecule has 1 fully saturated rings. The lowest BCUT2D eigenvalue weighted by Crippen LogP contribution is -2.42. The topological polar surface area (TPSA) is 123 Å². The zero-order valence-electron chi connectivity index (χ0n) is 19.7. The molecule has 9 heteroatoms. The molecule has 1 aliphatic rings. The molecule has 1 saturated carbocycles. The van der Waals surface area contributed by atoms with Crippen LogP contribution in [0, 0.1) is 11.8 Å². The monoisotopic (exact) mass is 444 g/mol. The Morgan fingerprint density at radius 1 is 1.16 bits per heavy atom. The molecule has 0 saturated heterocycles. The number of nitrogens with one attached hydrogen (secondary N) is 2. The molecule has 0 aromatic rings. The van der Waals surface area contributed by atoms with Crippen LogP contribution in [-0.4, -0.2) is 60.8 Å². The van der Waals surface area contributed by atoms with E-state index in [9.17, 15) is 19.5 Å². The highest BCUT2D eigenvalue weighted by atomic mass is 16.7. The molecule has 1 unspecified atom stereocenters. The van der Waals surface area contributed by atoms with E-state index in [-0.39, 0.29) is 17.9 Å². The molecular weight excluding hydrogens is 404 g/mol. The summed E-state index contributed by atoms with van der Waals surface area (Å²) in [6.45, 7) is 9.63. The minimum atomic E-state index is -0.891. The predicted molar refractivity (Wildman–Crippen MR) is 115 cm³/mol. The molecule has 180 valence electrons. The van der Waals surface area contributed by atoms with E-state index in [1.165, 1.54) is 14.0 Å². The number of hydrogen-bond acceptors (Lipinski definition) is 7. The Morgan fingerprint density at radius 2 is 1.84 bits per heavy atom. The third-order valence-corrected chi connectivity index (χ3v) is 5.37. The van der Waals surface area contributed by atoms with Crippen LogP contribution in [0.5, 0.6) is 0 Å². The number of alkyl carbamates (subject to hydrolysis) is 1. The first-order chi connectivity index (χ1) is 14.4. The van der Waals surface area contributed by atoms with Crippen LogP contribution < -0.4 is 10.6 Å². The SMILES string of the molecule is COC(=O)O[C@@H]1C[C@@H](NC(=O)OC(C)(C)C)[C@@H](CCCCCC(C)CNC(C)=O)[C@H]1O. The number of rotatable bonds is 10. The summed E-state index contributed by atoms with van der Waals surface area (Å²) in [5.41, 5.74) is -0.632. The van der Waals surface area contributed by atoms with Crippen molar-refractivity contribution in [1.29, 1.82) is 0 Å². The highest BCUT2D eigenvalue weighted by molar-refractivity contribution is 5.72. The maximum atomic E-state index is 12.2. The van der Waals surface area contributed by atoms with Crippen molar-refractivity contribution in [3.8, 4) is 0 Å². The highest BCUT2D eigenvalue weighted by Crippen LogP contribution is 2.33. The summed E-state index contributed by atoms with van der Waals surface area (Å²) >= 11 is 0. The highest BCUT2D eigenvalue weighted by Gasteiger charge is 2.45. The molecule has 0 aromatic heterocycles. The third-order valence-electron chi connectivity index (χ3n) is 5.37. The van der Waals surface area contributed by atoms with E-state index in [0.717, 1.165) is 25.7 Å². The van der Waals surface area contributed by atoms with Crippen molar-refractivity contribution < 1.29 is 33.7 Å². The minimum Gasteiger partial charge on any atom is -0.444 e. The first-order valence-electron chi connectivity index (χ1n) is 11.1. The predicted octanol–water partition coefficient (Wildman–Crippen LogP) is 3.13. The molecule has 9 nitrogen and oxygen atoms in total. The Labute approximate surface area is 185 Å². The number of unbranched alkanes of at least 4 members (excludes halogenated alkanes) is 2. The number of carbonyl (C=O) groups is 3. The van der Waals surface area contributed by atoms with Crippen molar-refractivity contribution in [3.05, 3.63) is 0 Å². The summed E-state index contributed by atoms with van der Waals surface area (Å²) in [5.74, 6) is 0.133. The number of methoxy groups -OCH3 is 1. The maximum Gasteiger partial charge on any atom is 0.508 e. The fraction of sp³-hybridized carbons (Fsp3) is 0.864. The minimum absolute atomic E-state index is 0.0191. The van der Waals surface area contributed by atoms with Gasteiger partial charge in [-0.05, 0) is 39.5 Å². The molecule has 0 bridgehead atoms. The first kappa shape index (κ1) is 27.0. The smallest absolute Gasteiger partial charge is 0.444 e. The van der Waals surface area contributed by atoms with E-state index in [0.29, 0.717) is 25.3 Å². The van der Waals surface area contributed by atoms with Gasteiger partial charge < -0.3 is 30.0 Å². The Hall–Kier alpha value is -2.03. The summed E-state index contributed by atoms with van der Waals surface area (Å²) < 4.78 is 15.1. The lowest BCUT2D eigenvalue weighted by Gasteiger charge is -2.25. The average molecular weight is 445 g/mol. The molecule has 1 rings (SSSR count). The number of amides is 2. The summed E-state index contributed by atoms with van der Waals surface area (Å²) in [6, 6.07) is -0.363. The summed E-state index contributed by atoms with van der Waals surface area (Å²) in [5, 5.41) is 16.4. The second-order valence-corrected chi connectivity index (χ2v) is 9.43. The molecule has 3 N–H and O–H groups in total. The largest absolute Gasteiger partial charge is 0.508 e. The van der Waals surface area contributed by atoms with Gasteiger partial charge in [0, 0.05) is 31.8 Å². The van der Waals surface area contributed by atoms with E-state index in [1.807, 2.05) is 0 Å². The molecule has 1 aliphatic carbocycles. The fourth-order valence-corrected chi connectivity index (χ4v) is 3.83. The summed E-state index contributed by atoms with van der Waals surface area (Å²) in [4.78, 5) is 34.7. The van der Waals surface area contributed by atoms with E-state index < -0.39 is 30.1 Å². The van der Waals surface area contributed by atoms with Crippen LogP contribution in [0.15, 0.2) is 0 Å². The van der Waals surface area contributed by atoms with Gasteiger partial charge in [0.15, 0.2) is 0 Å². The van der Waals surface area contributed by atoms with E-state index in [2.05, 4.69) is 22.3 Å². The molecule has 0 heterocycles. The fourth-order valence-electron chi connectivity index (χ4n) is 3.83. The normalized spacial score (nSPS) is 24.2. The van der Waals surface area contributed by atoms with Crippen LogP contribution in [0.1, 0.15) is 73.1 Å². The van der Waals surface area contributed by atoms with E-state index in [1.54, 1.807) is 20.8 Å². The van der Waals surface area contributed by atoms with Crippen LogP contribution in [-0.2, 0) is 19.0 Å². The van der Waals surface area contributed by atoms with Crippen LogP contribution in [0.3, 0.4) is 0 Å². The molecule has 5 atom stereocenters. The quantitative estimate of drug-likeness (QED) is 0.349. The Balaban J connectivity index is 2.57. The number of hydrogen-bond donors (Lipinski definition) is 3. The lowest BCUT2D eigenvalue weighted by atomic mass is 9.93. The third kappa shape index (κ3) is 10.7. The molecule has 0 spiro atoms. The Morgan fingerprint density at radius 3 is 2.42 bits per heavy atom. The Bertz CT molecular complexity index is 591. The lowest BCUT2D eigenvalue weighted by molar-refractivity contribution is -0.119. The van der Waals surface area contributed by atoms with Crippen LogP contribution in [0.4, 0.5) is 9.59 Å². The second-order valence-electron chi connectivity index (χ2n) is 9.43. The van der Waals surface area contributed by atoms with Gasteiger partial charge in [-0.15, -0.1) is 0 Å². The van der Waals surface area contributed by atoms with Gasteiger partial charge in [-0.2, -0.15) is 0 Å². The van der Waals surface area contributed by atoms with Gasteiger partial charge >= 0.3 is 12.2 Å². The van der Waals surface area contributed by atoms with Crippen molar-refractivity contribution in [1.82, 2.24) is 10.6 Å². The van der Waals surface area contributed by atoms with Crippen LogP contribution in [0.25, 0.3) is 0 Å². The molecule has 0 aliphatic heterocycles. The zero-order chi connectivity index (χ0) is 23.6. The number of aliphatic hydroxyl groups excluding tert-OH is 1. The number of aliphatic hydroxyl groups is 1. The Kier molecular flexibility index (Phi) is 11.1. The van der Waals surface area contributed by atoms with Gasteiger partial charge in [0.1, 0.15) is 11.7 Å². The van der Waals surface area contributed by atoms with Crippen molar-refractivity contribution in [2.75, 3.05) is 13.7 Å². The van der Waals surface area contributed by atoms with E-state index in [4.69, 9.17) is 9.47 Å². The number of carbonyl (C=O) groups excluding carboxylic acids is 3. The standard InChI is InChI=1S/C22H40N2O7/c1-14(13-23-15(2)25)10-8-7-9-11-16-17(24-20(27)31-22(3,4)5)12-18(19(16)26)30-21(28)29-6/h14,16-19,26H,7-13H2,1-6H3,(H,23,25)(H,24,27)/t14?,16-,17-,18-,19-/m1/s1. The van der Waals surface area contributed by atoms with Crippen molar-refractivity contribution in [3.63, 3.8) is 0 Å². The molecular formula is C22H40N2O7. The number of ether oxygens (including phenoxy) is 3. The average Bonchev–Trinajstić information content (AvgIpc) is 2.92. The van der Waals surface area contributed by atoms with Crippen LogP contribution in [0.2, 0.25) is 0 Å². The van der Waals surface area contributed by atoms with Gasteiger partial charge in [-0.1, -0.05) is 26.2 Å². The van der Waals surface area contributed by atoms with Crippen LogP contribution >= 0.6 is 0 Å². The first-order valence-corrected chi connectivity index (χ1v) is 11.1.